The number of nitrogens with one attached hydrogen (secondary N) is 1. The standard InChI is InChI=1S/C12H22N4O2/c1-10(12-13-9-14-16(12)2)15-11(17)7-5-4-6-8-18-3/h9-10H,4-8H2,1-3H3,(H,15,17)/t10-/m1/s1. The molecule has 1 N–H and O–H groups in total. The van der Waals surface area contributed by atoms with Gasteiger partial charge in [0, 0.05) is 27.2 Å². The summed E-state index contributed by atoms with van der Waals surface area (Å²) in [5.41, 5.74) is 0. The molecule has 0 bridgehead atoms. The zero-order valence-corrected chi connectivity index (χ0v) is 11.3. The molecule has 0 aliphatic carbocycles. The zero-order valence-electron chi connectivity index (χ0n) is 11.3. The maximum atomic E-state index is 11.7. The van der Waals surface area contributed by atoms with Crippen molar-refractivity contribution in [2.45, 2.75) is 38.6 Å². The minimum atomic E-state index is -0.107. The summed E-state index contributed by atoms with van der Waals surface area (Å²) >= 11 is 0. The van der Waals surface area contributed by atoms with E-state index in [4.69, 9.17) is 4.74 Å². The SMILES string of the molecule is COCCCCCC(=O)N[C@H](C)c1ncnn1C. The van der Waals surface area contributed by atoms with Gasteiger partial charge in [0.1, 0.15) is 12.2 Å². The van der Waals surface area contributed by atoms with E-state index < -0.39 is 0 Å². The summed E-state index contributed by atoms with van der Waals surface area (Å²) < 4.78 is 6.63. The van der Waals surface area contributed by atoms with Crippen molar-refractivity contribution in [1.82, 2.24) is 20.1 Å². The number of carbonyl (C=O) groups excluding carboxylic acids is 1. The van der Waals surface area contributed by atoms with Gasteiger partial charge in [-0.3, -0.25) is 9.48 Å². The number of aromatic nitrogens is 3. The number of hydrogen-bond donors (Lipinski definition) is 1. The number of ether oxygens (including phenoxy) is 1. The van der Waals surface area contributed by atoms with Gasteiger partial charge in [-0.1, -0.05) is 6.42 Å². The van der Waals surface area contributed by atoms with Gasteiger partial charge < -0.3 is 10.1 Å². The van der Waals surface area contributed by atoms with E-state index in [2.05, 4.69) is 15.4 Å². The fourth-order valence-corrected chi connectivity index (χ4v) is 1.78. The van der Waals surface area contributed by atoms with E-state index in [9.17, 15) is 4.79 Å². The Kier molecular flexibility index (Phi) is 6.35. The largest absolute Gasteiger partial charge is 0.385 e. The number of unbranched alkanes of at least 4 members (excludes halogenated alkanes) is 2. The Bertz CT molecular complexity index is 365. The van der Waals surface area contributed by atoms with E-state index in [1.807, 2.05) is 14.0 Å². The summed E-state index contributed by atoms with van der Waals surface area (Å²) in [4.78, 5) is 15.8. The van der Waals surface area contributed by atoms with Crippen LogP contribution in [0.5, 0.6) is 0 Å². The van der Waals surface area contributed by atoms with Crippen molar-refractivity contribution in [2.75, 3.05) is 13.7 Å². The van der Waals surface area contributed by atoms with Crippen molar-refractivity contribution in [3.05, 3.63) is 12.2 Å². The summed E-state index contributed by atoms with van der Waals surface area (Å²) in [6.07, 6.45) is 4.94. The van der Waals surface area contributed by atoms with Gasteiger partial charge in [-0.15, -0.1) is 0 Å². The summed E-state index contributed by atoms with van der Waals surface area (Å²) in [7, 11) is 3.50. The van der Waals surface area contributed by atoms with Gasteiger partial charge in [0.25, 0.3) is 0 Å². The van der Waals surface area contributed by atoms with Gasteiger partial charge in [0.15, 0.2) is 0 Å². The third-order valence-corrected chi connectivity index (χ3v) is 2.76. The predicted molar refractivity (Wildman–Crippen MR) is 67.9 cm³/mol. The first kappa shape index (κ1) is 14.6. The Morgan fingerprint density at radius 2 is 2.28 bits per heavy atom. The summed E-state index contributed by atoms with van der Waals surface area (Å²) in [5, 5.41) is 6.90. The first-order valence-corrected chi connectivity index (χ1v) is 6.27. The first-order valence-electron chi connectivity index (χ1n) is 6.27. The van der Waals surface area contributed by atoms with Gasteiger partial charge in [-0.2, -0.15) is 5.10 Å². The van der Waals surface area contributed by atoms with Gasteiger partial charge in [-0.25, -0.2) is 4.98 Å². The maximum Gasteiger partial charge on any atom is 0.220 e. The van der Waals surface area contributed by atoms with Crippen LogP contribution in [0, 0.1) is 0 Å². The molecule has 0 aliphatic heterocycles. The lowest BCUT2D eigenvalue weighted by Crippen LogP contribution is -2.28. The molecule has 18 heavy (non-hydrogen) atoms. The van der Waals surface area contributed by atoms with Crippen LogP contribution in [-0.4, -0.2) is 34.4 Å². The molecule has 0 saturated heterocycles. The van der Waals surface area contributed by atoms with Crippen LogP contribution < -0.4 is 5.32 Å². The third kappa shape index (κ3) is 4.83. The number of methoxy groups -OCH3 is 1. The number of hydrogen-bond acceptors (Lipinski definition) is 4. The molecule has 1 rings (SSSR count). The molecule has 6 heteroatoms. The molecule has 6 nitrogen and oxygen atoms in total. The summed E-state index contributed by atoms with van der Waals surface area (Å²) in [6.45, 7) is 2.67. The van der Waals surface area contributed by atoms with Crippen molar-refractivity contribution < 1.29 is 9.53 Å². The Morgan fingerprint density at radius 3 is 2.89 bits per heavy atom. The summed E-state index contributed by atoms with van der Waals surface area (Å²) in [5.74, 6) is 0.825. The lowest BCUT2D eigenvalue weighted by Gasteiger charge is -2.12. The van der Waals surface area contributed by atoms with Crippen molar-refractivity contribution in [3.63, 3.8) is 0 Å². The fourth-order valence-electron chi connectivity index (χ4n) is 1.78. The molecular weight excluding hydrogens is 232 g/mol. The van der Waals surface area contributed by atoms with Crippen LogP contribution in [-0.2, 0) is 16.6 Å². The Balaban J connectivity index is 2.22. The smallest absolute Gasteiger partial charge is 0.220 e. The van der Waals surface area contributed by atoms with Crippen molar-refractivity contribution >= 4 is 5.91 Å². The number of rotatable bonds is 8. The molecule has 0 fully saturated rings. The van der Waals surface area contributed by atoms with Crippen LogP contribution >= 0.6 is 0 Å². The van der Waals surface area contributed by atoms with E-state index >= 15 is 0 Å². The van der Waals surface area contributed by atoms with Crippen molar-refractivity contribution in [3.8, 4) is 0 Å². The van der Waals surface area contributed by atoms with Crippen LogP contribution in [0.1, 0.15) is 44.5 Å². The minimum Gasteiger partial charge on any atom is -0.385 e. The molecule has 1 atom stereocenters. The molecular formula is C12H22N4O2. The average molecular weight is 254 g/mol. The first-order chi connectivity index (χ1) is 8.65. The second-order valence-electron chi connectivity index (χ2n) is 4.33. The van der Waals surface area contributed by atoms with Crippen LogP contribution in [0.4, 0.5) is 0 Å². The van der Waals surface area contributed by atoms with E-state index in [1.165, 1.54) is 6.33 Å². The van der Waals surface area contributed by atoms with E-state index in [1.54, 1.807) is 11.8 Å². The molecule has 0 unspecified atom stereocenters. The Labute approximate surface area is 108 Å². The highest BCUT2D eigenvalue weighted by atomic mass is 16.5. The third-order valence-electron chi connectivity index (χ3n) is 2.76. The quantitative estimate of drug-likeness (QED) is 0.708. The highest BCUT2D eigenvalue weighted by molar-refractivity contribution is 5.76. The van der Waals surface area contributed by atoms with Crippen LogP contribution in [0.15, 0.2) is 6.33 Å². The van der Waals surface area contributed by atoms with Crippen LogP contribution in [0.2, 0.25) is 0 Å². The number of nitrogens with zero attached hydrogens (tertiary/aromatic N) is 3. The normalized spacial score (nSPS) is 12.4. The van der Waals surface area contributed by atoms with E-state index in [-0.39, 0.29) is 11.9 Å². The van der Waals surface area contributed by atoms with Gasteiger partial charge in [-0.05, 0) is 19.8 Å². The van der Waals surface area contributed by atoms with Crippen molar-refractivity contribution in [1.29, 1.82) is 0 Å². The van der Waals surface area contributed by atoms with Crippen LogP contribution in [0.25, 0.3) is 0 Å². The van der Waals surface area contributed by atoms with Gasteiger partial charge >= 0.3 is 0 Å². The lowest BCUT2D eigenvalue weighted by atomic mass is 10.2. The molecule has 0 aromatic carbocycles. The monoisotopic (exact) mass is 254 g/mol. The topological polar surface area (TPSA) is 69.0 Å². The fraction of sp³-hybridized carbons (Fsp3) is 0.750. The number of amides is 1. The maximum absolute atomic E-state index is 11.7. The molecule has 0 aliphatic rings. The van der Waals surface area contributed by atoms with Gasteiger partial charge in [0.2, 0.25) is 5.91 Å². The molecule has 0 radical (unpaired) electrons. The second-order valence-corrected chi connectivity index (χ2v) is 4.33. The number of aryl methyl sites for hydroxylation is 1. The van der Waals surface area contributed by atoms with Gasteiger partial charge in [0.05, 0.1) is 6.04 Å². The highest BCUT2D eigenvalue weighted by Gasteiger charge is 2.13. The zero-order chi connectivity index (χ0) is 13.4. The van der Waals surface area contributed by atoms with E-state index in [0.717, 1.165) is 31.7 Å². The number of carbonyl (C=O) groups is 1. The van der Waals surface area contributed by atoms with Crippen molar-refractivity contribution in [2.24, 2.45) is 7.05 Å². The Hall–Kier alpha value is -1.43. The molecule has 1 aromatic heterocycles. The second kappa shape index (κ2) is 7.81. The van der Waals surface area contributed by atoms with Crippen LogP contribution in [0.3, 0.4) is 0 Å². The minimum absolute atomic E-state index is 0.0583. The Morgan fingerprint density at radius 1 is 1.50 bits per heavy atom. The molecule has 1 heterocycles. The predicted octanol–water partition coefficient (Wildman–Crippen LogP) is 1.20. The lowest BCUT2D eigenvalue weighted by molar-refractivity contribution is -0.121. The molecule has 1 aromatic rings. The molecule has 102 valence electrons. The molecule has 1 amide bonds. The summed E-state index contributed by atoms with van der Waals surface area (Å²) in [6, 6.07) is -0.107. The molecule has 0 spiro atoms. The average Bonchev–Trinajstić information content (AvgIpc) is 2.75. The molecule has 0 saturated carbocycles. The highest BCUT2D eigenvalue weighted by Crippen LogP contribution is 2.08. The van der Waals surface area contributed by atoms with E-state index in [0.29, 0.717) is 6.42 Å².